The Morgan fingerprint density at radius 1 is 1.04 bits per heavy atom. The molecular formula is C19H21N3OS. The van der Waals surface area contributed by atoms with Gasteiger partial charge in [-0.2, -0.15) is 0 Å². The van der Waals surface area contributed by atoms with Crippen molar-refractivity contribution in [1.82, 2.24) is 14.8 Å². The van der Waals surface area contributed by atoms with Crippen LogP contribution >= 0.6 is 11.8 Å². The van der Waals surface area contributed by atoms with Gasteiger partial charge in [-0.3, -0.25) is 4.57 Å². The second kappa shape index (κ2) is 7.09. The summed E-state index contributed by atoms with van der Waals surface area (Å²) in [5.41, 5.74) is 3.30. The number of thioether (sulfide) groups is 1. The van der Waals surface area contributed by atoms with Crippen LogP contribution in [0.4, 0.5) is 0 Å². The molecule has 0 amide bonds. The quantitative estimate of drug-likeness (QED) is 0.629. The highest BCUT2D eigenvalue weighted by atomic mass is 32.2. The first-order valence-corrected chi connectivity index (χ1v) is 8.80. The molecule has 0 N–H and O–H groups in total. The molecule has 0 aliphatic heterocycles. The highest BCUT2D eigenvalue weighted by Gasteiger charge is 2.17. The van der Waals surface area contributed by atoms with Gasteiger partial charge in [0.1, 0.15) is 5.75 Å². The Hall–Kier alpha value is -2.27. The van der Waals surface area contributed by atoms with Gasteiger partial charge in [0.2, 0.25) is 0 Å². The molecular weight excluding hydrogens is 318 g/mol. The van der Waals surface area contributed by atoms with Crippen molar-refractivity contribution in [1.29, 1.82) is 0 Å². The van der Waals surface area contributed by atoms with E-state index in [1.54, 1.807) is 18.9 Å². The van der Waals surface area contributed by atoms with Crippen molar-refractivity contribution < 1.29 is 4.74 Å². The molecule has 5 heteroatoms. The molecule has 3 aromatic rings. The van der Waals surface area contributed by atoms with Crippen LogP contribution in [0.5, 0.6) is 5.75 Å². The van der Waals surface area contributed by atoms with Gasteiger partial charge in [0, 0.05) is 16.5 Å². The van der Waals surface area contributed by atoms with E-state index in [2.05, 4.69) is 53.7 Å². The zero-order valence-electron chi connectivity index (χ0n) is 14.4. The number of hydrogen-bond donors (Lipinski definition) is 0. The molecule has 0 saturated heterocycles. The van der Waals surface area contributed by atoms with Crippen LogP contribution < -0.4 is 4.74 Å². The fraction of sp³-hybridized carbons (Fsp3) is 0.263. The lowest BCUT2D eigenvalue weighted by atomic mass is 10.1. The molecule has 0 unspecified atom stereocenters. The third-order valence-electron chi connectivity index (χ3n) is 3.58. The van der Waals surface area contributed by atoms with E-state index >= 15 is 0 Å². The summed E-state index contributed by atoms with van der Waals surface area (Å²) in [5, 5.41) is 10.2. The van der Waals surface area contributed by atoms with Gasteiger partial charge in [0.25, 0.3) is 0 Å². The maximum absolute atomic E-state index is 5.27. The summed E-state index contributed by atoms with van der Waals surface area (Å²) in [5.74, 6) is 1.69. The van der Waals surface area contributed by atoms with E-state index in [1.807, 2.05) is 30.3 Å². The first-order valence-electron chi connectivity index (χ1n) is 7.92. The summed E-state index contributed by atoms with van der Waals surface area (Å²) in [6.07, 6.45) is 0. The largest absolute Gasteiger partial charge is 0.497 e. The minimum atomic E-state index is 0.427. The van der Waals surface area contributed by atoms with Gasteiger partial charge in [-0.1, -0.05) is 49.4 Å². The van der Waals surface area contributed by atoms with Gasteiger partial charge in [-0.15, -0.1) is 10.2 Å². The van der Waals surface area contributed by atoms with E-state index in [-0.39, 0.29) is 0 Å². The second-order valence-corrected chi connectivity index (χ2v) is 7.42. The topological polar surface area (TPSA) is 39.9 Å². The van der Waals surface area contributed by atoms with Crippen molar-refractivity contribution in [3.63, 3.8) is 0 Å². The summed E-state index contributed by atoms with van der Waals surface area (Å²) in [6.45, 7) is 6.40. The average Bonchev–Trinajstić information content (AvgIpc) is 2.98. The molecule has 0 bridgehead atoms. The van der Waals surface area contributed by atoms with Crippen molar-refractivity contribution in [3.8, 4) is 22.8 Å². The van der Waals surface area contributed by atoms with E-state index in [4.69, 9.17) is 4.74 Å². The smallest absolute Gasteiger partial charge is 0.196 e. The lowest BCUT2D eigenvalue weighted by Gasteiger charge is -2.12. The molecule has 0 aliphatic carbocycles. The van der Waals surface area contributed by atoms with Crippen molar-refractivity contribution in [2.75, 3.05) is 7.11 Å². The van der Waals surface area contributed by atoms with Crippen LogP contribution in [0, 0.1) is 6.92 Å². The molecule has 1 aromatic heterocycles. The highest BCUT2D eigenvalue weighted by molar-refractivity contribution is 7.99. The molecule has 24 heavy (non-hydrogen) atoms. The molecule has 0 radical (unpaired) electrons. The Bertz CT molecular complexity index is 825. The Morgan fingerprint density at radius 3 is 2.42 bits per heavy atom. The monoisotopic (exact) mass is 339 g/mol. The Labute approximate surface area is 146 Å². The molecule has 3 rings (SSSR count). The molecule has 2 aromatic carbocycles. The fourth-order valence-electron chi connectivity index (χ4n) is 2.49. The Balaban J connectivity index is 2.14. The van der Waals surface area contributed by atoms with E-state index in [9.17, 15) is 0 Å². The first-order chi connectivity index (χ1) is 11.6. The zero-order valence-corrected chi connectivity index (χ0v) is 15.2. The standard InChI is InChI=1S/C19H21N3OS/c1-13(2)24-19-21-20-18(15-7-5-6-14(3)12-15)22(19)16-8-10-17(23-4)11-9-16/h5-13H,1-4H3. The lowest BCUT2D eigenvalue weighted by Crippen LogP contribution is -2.01. The molecule has 4 nitrogen and oxygen atoms in total. The average molecular weight is 339 g/mol. The van der Waals surface area contributed by atoms with Crippen molar-refractivity contribution in [3.05, 3.63) is 54.1 Å². The summed E-state index contributed by atoms with van der Waals surface area (Å²) >= 11 is 1.71. The predicted octanol–water partition coefficient (Wildman–Crippen LogP) is 4.75. The number of ether oxygens (including phenoxy) is 1. The zero-order chi connectivity index (χ0) is 17.1. The van der Waals surface area contributed by atoms with Gasteiger partial charge in [0.15, 0.2) is 11.0 Å². The van der Waals surface area contributed by atoms with Crippen LogP contribution in [-0.2, 0) is 0 Å². The van der Waals surface area contributed by atoms with E-state index in [0.717, 1.165) is 28.0 Å². The van der Waals surface area contributed by atoms with Gasteiger partial charge >= 0.3 is 0 Å². The van der Waals surface area contributed by atoms with Crippen molar-refractivity contribution in [2.45, 2.75) is 31.2 Å². The lowest BCUT2D eigenvalue weighted by molar-refractivity contribution is 0.414. The maximum Gasteiger partial charge on any atom is 0.196 e. The second-order valence-electron chi connectivity index (χ2n) is 5.88. The molecule has 0 fully saturated rings. The van der Waals surface area contributed by atoms with Crippen LogP contribution in [0.3, 0.4) is 0 Å². The molecule has 124 valence electrons. The summed E-state index contributed by atoms with van der Waals surface area (Å²) in [4.78, 5) is 0. The predicted molar refractivity (Wildman–Crippen MR) is 99.1 cm³/mol. The highest BCUT2D eigenvalue weighted by Crippen LogP contribution is 2.30. The number of methoxy groups -OCH3 is 1. The van der Waals surface area contributed by atoms with Gasteiger partial charge in [-0.05, 0) is 37.3 Å². The maximum atomic E-state index is 5.27. The van der Waals surface area contributed by atoms with Crippen LogP contribution in [-0.4, -0.2) is 27.1 Å². The molecule has 0 saturated carbocycles. The number of rotatable bonds is 5. The van der Waals surface area contributed by atoms with Crippen LogP contribution in [0.15, 0.2) is 53.7 Å². The SMILES string of the molecule is COc1ccc(-n2c(SC(C)C)nnc2-c2cccc(C)c2)cc1. The van der Waals surface area contributed by atoms with Crippen LogP contribution in [0.2, 0.25) is 0 Å². The van der Waals surface area contributed by atoms with E-state index in [0.29, 0.717) is 5.25 Å². The summed E-state index contributed by atoms with van der Waals surface area (Å²) in [7, 11) is 1.67. The van der Waals surface area contributed by atoms with Crippen LogP contribution in [0.1, 0.15) is 19.4 Å². The number of aryl methyl sites for hydroxylation is 1. The Morgan fingerprint density at radius 2 is 1.79 bits per heavy atom. The fourth-order valence-corrected chi connectivity index (χ4v) is 3.30. The number of hydrogen-bond acceptors (Lipinski definition) is 4. The Kier molecular flexibility index (Phi) is 4.90. The minimum absolute atomic E-state index is 0.427. The first kappa shape index (κ1) is 16.6. The molecule has 0 spiro atoms. The van der Waals surface area contributed by atoms with Crippen molar-refractivity contribution >= 4 is 11.8 Å². The van der Waals surface area contributed by atoms with E-state index in [1.165, 1.54) is 5.56 Å². The molecule has 0 aliphatic rings. The third kappa shape index (κ3) is 3.46. The van der Waals surface area contributed by atoms with Gasteiger partial charge in [0.05, 0.1) is 7.11 Å². The van der Waals surface area contributed by atoms with Gasteiger partial charge < -0.3 is 4.74 Å². The third-order valence-corrected chi connectivity index (χ3v) is 4.53. The minimum Gasteiger partial charge on any atom is -0.497 e. The molecule has 0 atom stereocenters. The number of aromatic nitrogens is 3. The number of nitrogens with zero attached hydrogens (tertiary/aromatic N) is 3. The summed E-state index contributed by atoms with van der Waals surface area (Å²) < 4.78 is 7.38. The normalized spacial score (nSPS) is 11.0. The molecule has 1 heterocycles. The van der Waals surface area contributed by atoms with Crippen molar-refractivity contribution in [2.24, 2.45) is 0 Å². The summed E-state index contributed by atoms with van der Waals surface area (Å²) in [6, 6.07) is 16.3. The van der Waals surface area contributed by atoms with E-state index < -0.39 is 0 Å². The number of benzene rings is 2. The van der Waals surface area contributed by atoms with Crippen LogP contribution in [0.25, 0.3) is 17.1 Å². The van der Waals surface area contributed by atoms with Gasteiger partial charge in [-0.25, -0.2) is 0 Å².